The number of nitrogens with two attached hydrogens (primary N) is 7. The van der Waals surface area contributed by atoms with Gasteiger partial charge in [0.25, 0.3) is 0 Å². The molecule has 18 unspecified atom stereocenters. The normalized spacial score (nSPS) is 15.3. The van der Waals surface area contributed by atoms with Crippen LogP contribution in [0.2, 0.25) is 0 Å². The molecule has 0 aromatic rings. The van der Waals surface area contributed by atoms with Gasteiger partial charge in [0.15, 0.2) is 0 Å². The van der Waals surface area contributed by atoms with Crippen LogP contribution in [0.25, 0.3) is 0 Å². The quantitative estimate of drug-likeness (QED) is 0.0101. The van der Waals surface area contributed by atoms with Gasteiger partial charge in [-0.05, 0) is 172 Å². The summed E-state index contributed by atoms with van der Waals surface area (Å²) in [5.41, 5.74) is 42.8. The largest absolute Gasteiger partial charge is 1.00 e. The summed E-state index contributed by atoms with van der Waals surface area (Å²) >= 11 is 0. The van der Waals surface area contributed by atoms with Crippen LogP contribution in [0, 0.1) is 41.4 Å². The van der Waals surface area contributed by atoms with Crippen molar-refractivity contribution in [1.29, 1.82) is 0 Å². The fraction of sp³-hybridized carbons (Fsp3) is 0.747. The van der Waals surface area contributed by atoms with E-state index >= 15 is 0 Å². The van der Waals surface area contributed by atoms with Crippen molar-refractivity contribution in [2.75, 3.05) is 26.7 Å². The fourth-order valence-corrected chi connectivity index (χ4v) is 10.8. The molecule has 18 atom stereocenters. The average Bonchev–Trinajstić information content (AvgIpc) is 0.912. The summed E-state index contributed by atoms with van der Waals surface area (Å²) in [6.45, 7) is 36.8. The zero-order chi connectivity index (χ0) is 85.8. The van der Waals surface area contributed by atoms with Crippen LogP contribution < -0.4 is 128 Å². The smallest absolute Gasteiger partial charge is 0.870 e. The van der Waals surface area contributed by atoms with Crippen LogP contribution in [0.15, 0.2) is 48.1 Å². The molecule has 35 heteroatoms. The molecular weight excluding hydrogens is 1480 g/mol. The van der Waals surface area contributed by atoms with E-state index in [1.54, 1.807) is 20.8 Å². The van der Waals surface area contributed by atoms with Gasteiger partial charge in [-0.3, -0.25) is 67.5 Å². The first kappa shape index (κ1) is 123. The van der Waals surface area contributed by atoms with Crippen LogP contribution in [-0.4, -0.2) is 189 Å². The van der Waals surface area contributed by atoms with Crippen molar-refractivity contribution < 1.29 is 97.7 Å². The van der Waals surface area contributed by atoms with Crippen molar-refractivity contribution in [2.24, 2.45) is 91.5 Å². The summed E-state index contributed by atoms with van der Waals surface area (Å²) in [6, 6.07) is -0.415. The Morgan fingerprint density at radius 1 is 0.368 bits per heavy atom. The number of aliphatic carboxylic acids is 1. The monoisotopic (exact) mass is 1630 g/mol. The average molecular weight is 1630 g/mol. The summed E-state index contributed by atoms with van der Waals surface area (Å²) in [7, 11) is 0. The summed E-state index contributed by atoms with van der Waals surface area (Å²) in [5, 5.41) is 37.8. The van der Waals surface area contributed by atoms with E-state index in [2.05, 4.69) is 99.0 Å². The van der Waals surface area contributed by atoms with Crippen molar-refractivity contribution in [1.82, 2.24) is 58.5 Å². The van der Waals surface area contributed by atoms with E-state index in [1.807, 2.05) is 67.8 Å². The molecule has 0 aromatic heterocycles. The molecule has 27 N–H and O–H groups in total. The van der Waals surface area contributed by atoms with Gasteiger partial charge in [0.05, 0.1) is 44.7 Å². The van der Waals surface area contributed by atoms with E-state index in [0.29, 0.717) is 83.4 Å². The summed E-state index contributed by atoms with van der Waals surface area (Å²) in [6.07, 6.45) is 25.0. The van der Waals surface area contributed by atoms with Gasteiger partial charge in [-0.2, -0.15) is 0 Å². The van der Waals surface area contributed by atoms with Gasteiger partial charge in [0, 0.05) is 89.9 Å². The number of carbonyl (C=O) groups excluding carboxylic acids is 11. The van der Waals surface area contributed by atoms with Crippen molar-refractivity contribution >= 4 is 84.9 Å². The fourth-order valence-electron chi connectivity index (χ4n) is 10.8. The molecule has 0 aliphatic rings. The number of amides is 11. The van der Waals surface area contributed by atoms with Gasteiger partial charge < -0.3 is 109 Å². The molecule has 114 heavy (non-hydrogen) atoms. The molecule has 0 fully saturated rings. The van der Waals surface area contributed by atoms with Crippen LogP contribution >= 0.6 is 0 Å². The number of hydrogen-bond donors (Lipinski definition) is 19. The zero-order valence-electron chi connectivity index (χ0n) is 71.2. The third kappa shape index (κ3) is 70.3. The Hall–Kier alpha value is -7.12. The van der Waals surface area contributed by atoms with Crippen LogP contribution in [0.5, 0.6) is 0 Å². The zero-order valence-corrected chi connectivity index (χ0v) is 73.2. The van der Waals surface area contributed by atoms with Gasteiger partial charge in [0.2, 0.25) is 66.5 Å². The minimum Gasteiger partial charge on any atom is -0.870 e. The Labute approximate surface area is 705 Å². The first-order valence-electron chi connectivity index (χ1n) is 39.7. The summed E-state index contributed by atoms with van der Waals surface area (Å²) in [4.78, 5) is 145. The van der Waals surface area contributed by atoms with Gasteiger partial charge in [-0.15, -0.1) is 0 Å². The second kappa shape index (κ2) is 79.7. The van der Waals surface area contributed by atoms with E-state index in [-0.39, 0.29) is 212 Å². The van der Waals surface area contributed by atoms with Gasteiger partial charge >= 0.3 is 35.5 Å². The molecule has 658 valence electrons. The second-order valence-corrected chi connectivity index (χ2v) is 28.4. The first-order valence-corrected chi connectivity index (χ1v) is 39.7. The molecule has 0 rings (SSSR count). The molecule has 0 spiro atoms. The molecule has 0 saturated carbocycles. The molecule has 0 aromatic carbocycles. The Morgan fingerprint density at radius 3 is 0.921 bits per heavy atom. The summed E-state index contributed by atoms with van der Waals surface area (Å²) in [5.74, 6) is -4.53. The molecular formula is C79H157N20NaO14. The van der Waals surface area contributed by atoms with Crippen LogP contribution in [0.3, 0.4) is 0 Å². The van der Waals surface area contributed by atoms with E-state index in [0.717, 1.165) is 89.2 Å². The minimum absolute atomic E-state index is 0. The third-order valence-corrected chi connectivity index (χ3v) is 18.5. The number of rotatable bonds is 59. The van der Waals surface area contributed by atoms with E-state index in [1.165, 1.54) is 6.20 Å². The molecule has 0 radical (unpaired) electrons. The molecule has 0 heterocycles. The number of carbonyl (C=O) groups is 12. The first-order chi connectivity index (χ1) is 52.5. The van der Waals surface area contributed by atoms with Gasteiger partial charge in [-0.25, -0.2) is 0 Å². The van der Waals surface area contributed by atoms with Gasteiger partial charge in [-0.1, -0.05) is 124 Å². The SMILES string of the molecule is C.C=CC(=O)NCNC(=O)C=C.C=CNC=O.CCC(CC(C)C(=O)NCNC(=O)C(C)CC(CC)NC=O)NC=O.CCC(N)CC(C)C(=O)NCNC(=O)C(C)CC(N)CC.CCC(N)CC(CC)N=CCCCC=NC(CC(N)CC)CC(N)CC(C)C(=O)NCNC(=O)C(C)CC(N)CC(N)CC(CC)C(=O)O.[Na+].[OH-]. The number of unbranched alkanes of at least 4 members (excludes halogenated alkanes) is 2. The van der Waals surface area contributed by atoms with Crippen molar-refractivity contribution in [3.05, 3.63) is 38.1 Å². The van der Waals surface area contributed by atoms with E-state index in [9.17, 15) is 62.6 Å². The van der Waals surface area contributed by atoms with Crippen LogP contribution in [0.1, 0.15) is 246 Å². The second-order valence-electron chi connectivity index (χ2n) is 28.4. The number of carboxylic acid groups (broad SMARTS) is 1. The van der Waals surface area contributed by atoms with Crippen LogP contribution in [-0.2, 0) is 57.5 Å². The minimum atomic E-state index is -0.860. The molecule has 11 amide bonds. The van der Waals surface area contributed by atoms with E-state index < -0.39 is 17.8 Å². The predicted octanol–water partition coefficient (Wildman–Crippen LogP) is 1.07. The summed E-state index contributed by atoms with van der Waals surface area (Å²) < 4.78 is 0. The number of nitrogens with zero attached hydrogens (tertiary/aromatic N) is 2. The van der Waals surface area contributed by atoms with Crippen molar-refractivity contribution in [2.45, 2.75) is 312 Å². The maximum absolute atomic E-state index is 12.8. The maximum Gasteiger partial charge on any atom is 1.00 e. The predicted molar refractivity (Wildman–Crippen MR) is 453 cm³/mol. The molecule has 0 saturated heterocycles. The molecule has 0 bridgehead atoms. The van der Waals surface area contributed by atoms with Crippen molar-refractivity contribution in [3.63, 3.8) is 0 Å². The topological polar surface area (TPSA) is 594 Å². The molecule has 0 aliphatic heterocycles. The molecule has 34 nitrogen and oxygen atoms in total. The number of carboxylic acids is 1. The van der Waals surface area contributed by atoms with Gasteiger partial charge in [0.1, 0.15) is 0 Å². The third-order valence-electron chi connectivity index (χ3n) is 18.5. The van der Waals surface area contributed by atoms with Crippen molar-refractivity contribution in [3.8, 4) is 0 Å². The Balaban J connectivity index is -0.000000240. The number of aliphatic imine (C=N–C) groups is 2. The maximum atomic E-state index is 12.8. The van der Waals surface area contributed by atoms with E-state index in [4.69, 9.17) is 50.1 Å². The van der Waals surface area contributed by atoms with Crippen LogP contribution in [0.4, 0.5) is 0 Å². The Kier molecular flexibility index (Phi) is 85.7. The Bertz CT molecular complexity index is 2560. The standard InChI is InChI=1S/C36H73N9O4.C17H32N4O4.C15H32N4O2.C7H10N2O2.C3H5NO.CH4.Na.H2O/c1-7-26(36(48)49)18-31(41)19-29(39)16-24(5)34(46)44-23-45-35(47)25(6)17-30(40)22-33(21-28(38)9-3)43-15-13-11-12-14-42-32(10-4)20-27(37)8-2;1-5-14(20-10-22)7-12(3)16(24)18-9-19-17(25)13(4)8-15(6-2)21-11-23;1-5-12(16)7-10(3)14(20)18-9-19-15(21)11(4)8-13(17)6-2;1-3-6(10)8-5-9-7(11)4-2;1-2-4-3-5;;;/h14-15,24-33H,7-13,16-23,37-41H2,1-6H3,(H,44,46)(H,45,47)(H,48,49);10-15H,5-9H2,1-4H3,(H,18,24)(H,19,25)(H,20,22)(H,21,23);10-13H,5-9,16-17H2,1-4H3,(H,18,20)(H,19,21);3-4H,1-2,5H2,(H,8,10)(H,9,11);2-3H,1H2,(H,4,5);1H4;;1H2/q;;;;;;+1;/p-1. The number of hydrogen-bond acceptors (Lipinski definition) is 22. The Morgan fingerprint density at radius 2 is 0.649 bits per heavy atom. The molecule has 0 aliphatic carbocycles. The number of nitrogens with one attached hydrogen (secondary N) is 11.